The van der Waals surface area contributed by atoms with E-state index in [0.29, 0.717) is 0 Å². The molecule has 0 aliphatic heterocycles. The molecule has 0 heterocycles. The maximum atomic E-state index is 5.18. The van der Waals surface area contributed by atoms with Crippen LogP contribution in [0.4, 0.5) is 0 Å². The van der Waals surface area contributed by atoms with Crippen molar-refractivity contribution in [2.24, 2.45) is 11.5 Å². The molecule has 0 aromatic heterocycles. The van der Waals surface area contributed by atoms with Crippen molar-refractivity contribution in [3.63, 3.8) is 0 Å². The van der Waals surface area contributed by atoms with Gasteiger partial charge in [-0.25, -0.2) is 0 Å². The molecule has 0 aliphatic carbocycles. The van der Waals surface area contributed by atoms with E-state index < -0.39 is 0 Å². The lowest BCUT2D eigenvalue weighted by atomic mass is 10.3. The summed E-state index contributed by atoms with van der Waals surface area (Å²) in [6.45, 7) is 12.2. The summed E-state index contributed by atoms with van der Waals surface area (Å²) >= 11 is 0. The second-order valence-corrected chi connectivity index (χ2v) is 3.07. The summed E-state index contributed by atoms with van der Waals surface area (Å²) in [4.78, 5) is 2.38. The zero-order valence-electron chi connectivity index (χ0n) is 9.71. The summed E-state index contributed by atoms with van der Waals surface area (Å²) in [5.41, 5.74) is 10.4. The fraction of sp³-hybridized carbons (Fsp3) is 1.00. The minimum Gasteiger partial charge on any atom is -0.316 e. The van der Waals surface area contributed by atoms with Gasteiger partial charge in [0.05, 0.1) is 6.17 Å². The highest BCUT2D eigenvalue weighted by Gasteiger charge is 1.89. The third kappa shape index (κ3) is 14.7. The van der Waals surface area contributed by atoms with Gasteiger partial charge in [-0.1, -0.05) is 34.1 Å². The number of nitrogens with zero attached hydrogens (tertiary/aromatic N) is 1. The highest BCUT2D eigenvalue weighted by molar-refractivity contribution is 4.45. The SMILES string of the molecule is CCCC(N)N.CCN(CC)CC. The smallest absolute Gasteiger partial charge is 0.0520 e. The molecule has 13 heavy (non-hydrogen) atoms. The molecule has 3 heteroatoms. The Morgan fingerprint density at radius 3 is 1.31 bits per heavy atom. The Kier molecular flexibility index (Phi) is 14.0. The summed E-state index contributed by atoms with van der Waals surface area (Å²) in [7, 11) is 0. The summed E-state index contributed by atoms with van der Waals surface area (Å²) in [6.07, 6.45) is 1.91. The van der Waals surface area contributed by atoms with Gasteiger partial charge in [0, 0.05) is 0 Å². The van der Waals surface area contributed by atoms with Crippen LogP contribution in [-0.2, 0) is 0 Å². The largest absolute Gasteiger partial charge is 0.316 e. The maximum Gasteiger partial charge on any atom is 0.0520 e. The van der Waals surface area contributed by atoms with Gasteiger partial charge in [0.25, 0.3) is 0 Å². The first kappa shape index (κ1) is 15.4. The molecule has 4 N–H and O–H groups in total. The van der Waals surface area contributed by atoms with E-state index in [1.807, 2.05) is 0 Å². The Hall–Kier alpha value is -0.120. The number of hydrogen-bond acceptors (Lipinski definition) is 3. The van der Waals surface area contributed by atoms with Crippen molar-refractivity contribution in [1.29, 1.82) is 0 Å². The first-order valence-corrected chi connectivity index (χ1v) is 5.35. The van der Waals surface area contributed by atoms with Gasteiger partial charge in [-0.15, -0.1) is 0 Å². The van der Waals surface area contributed by atoms with E-state index >= 15 is 0 Å². The molecule has 0 aromatic rings. The van der Waals surface area contributed by atoms with Crippen molar-refractivity contribution in [1.82, 2.24) is 4.90 Å². The number of nitrogens with two attached hydrogens (primary N) is 2. The molecule has 3 nitrogen and oxygen atoms in total. The third-order valence-corrected chi connectivity index (χ3v) is 1.96. The lowest BCUT2D eigenvalue weighted by molar-refractivity contribution is 0.321. The van der Waals surface area contributed by atoms with Crippen LogP contribution >= 0.6 is 0 Å². The topological polar surface area (TPSA) is 55.3 Å². The van der Waals surface area contributed by atoms with Crippen LogP contribution in [0.15, 0.2) is 0 Å². The van der Waals surface area contributed by atoms with Crippen molar-refractivity contribution in [3.05, 3.63) is 0 Å². The standard InChI is InChI=1S/C6H15N.C4H12N2/c1-4-7(5-2)6-3;1-2-3-4(5)6/h4-6H2,1-3H3;4H,2-3,5-6H2,1H3. The van der Waals surface area contributed by atoms with Crippen LogP contribution in [0, 0.1) is 0 Å². The average Bonchev–Trinajstić information content (AvgIpc) is 2.08. The van der Waals surface area contributed by atoms with Gasteiger partial charge in [0.15, 0.2) is 0 Å². The molecule has 0 saturated heterocycles. The van der Waals surface area contributed by atoms with E-state index in [2.05, 4.69) is 32.6 Å². The molecular formula is C10H27N3. The van der Waals surface area contributed by atoms with Crippen LogP contribution in [0.5, 0.6) is 0 Å². The molecule has 0 spiro atoms. The molecule has 0 saturated carbocycles. The second-order valence-electron chi connectivity index (χ2n) is 3.07. The van der Waals surface area contributed by atoms with Gasteiger partial charge in [-0.3, -0.25) is 0 Å². The summed E-state index contributed by atoms with van der Waals surface area (Å²) in [5, 5.41) is 0. The maximum absolute atomic E-state index is 5.18. The van der Waals surface area contributed by atoms with Crippen molar-refractivity contribution < 1.29 is 0 Å². The van der Waals surface area contributed by atoms with Crippen LogP contribution in [0.2, 0.25) is 0 Å². The molecule has 0 bridgehead atoms. The van der Waals surface area contributed by atoms with E-state index in [1.54, 1.807) is 0 Å². The molecule has 0 amide bonds. The first-order valence-electron chi connectivity index (χ1n) is 5.35. The van der Waals surface area contributed by atoms with Gasteiger partial charge in [-0.05, 0) is 26.1 Å². The first-order chi connectivity index (χ1) is 6.12. The van der Waals surface area contributed by atoms with Crippen molar-refractivity contribution in [3.8, 4) is 0 Å². The molecule has 0 aromatic carbocycles. The Bertz CT molecular complexity index is 74.7. The normalized spacial score (nSPS) is 10.2. The van der Waals surface area contributed by atoms with Gasteiger partial charge in [0.1, 0.15) is 0 Å². The minimum absolute atomic E-state index is 0.102. The number of rotatable bonds is 5. The third-order valence-electron chi connectivity index (χ3n) is 1.96. The second kappa shape index (κ2) is 11.9. The Morgan fingerprint density at radius 2 is 1.31 bits per heavy atom. The molecule has 0 radical (unpaired) electrons. The van der Waals surface area contributed by atoms with Crippen LogP contribution in [-0.4, -0.2) is 30.7 Å². The highest BCUT2D eigenvalue weighted by atomic mass is 15.1. The lowest BCUT2D eigenvalue weighted by Crippen LogP contribution is -2.29. The highest BCUT2D eigenvalue weighted by Crippen LogP contribution is 1.83. The quantitative estimate of drug-likeness (QED) is 0.642. The molecule has 0 fully saturated rings. The lowest BCUT2D eigenvalue weighted by Gasteiger charge is -2.13. The van der Waals surface area contributed by atoms with Crippen molar-refractivity contribution in [2.75, 3.05) is 19.6 Å². The van der Waals surface area contributed by atoms with E-state index in [0.717, 1.165) is 12.8 Å². The molecule has 0 unspecified atom stereocenters. The van der Waals surface area contributed by atoms with Crippen LogP contribution in [0.3, 0.4) is 0 Å². The molecule has 82 valence electrons. The van der Waals surface area contributed by atoms with Crippen LogP contribution < -0.4 is 11.5 Å². The van der Waals surface area contributed by atoms with E-state index in [4.69, 9.17) is 11.5 Å². The predicted octanol–water partition coefficient (Wildman–Crippen LogP) is 1.38. The van der Waals surface area contributed by atoms with E-state index in [-0.39, 0.29) is 6.17 Å². The zero-order valence-corrected chi connectivity index (χ0v) is 9.71. The van der Waals surface area contributed by atoms with E-state index in [1.165, 1.54) is 19.6 Å². The monoisotopic (exact) mass is 189 g/mol. The molecule has 0 aliphatic rings. The van der Waals surface area contributed by atoms with Gasteiger partial charge >= 0.3 is 0 Å². The van der Waals surface area contributed by atoms with Gasteiger partial charge in [-0.2, -0.15) is 0 Å². The Balaban J connectivity index is 0. The van der Waals surface area contributed by atoms with Crippen LogP contribution in [0.1, 0.15) is 40.5 Å². The van der Waals surface area contributed by atoms with Crippen molar-refractivity contribution in [2.45, 2.75) is 46.7 Å². The fourth-order valence-corrected chi connectivity index (χ4v) is 1.00. The molecule has 0 rings (SSSR count). The molecular weight excluding hydrogens is 162 g/mol. The summed E-state index contributed by atoms with van der Waals surface area (Å²) < 4.78 is 0. The average molecular weight is 189 g/mol. The van der Waals surface area contributed by atoms with Crippen molar-refractivity contribution >= 4 is 0 Å². The van der Waals surface area contributed by atoms with Crippen LogP contribution in [0.25, 0.3) is 0 Å². The minimum atomic E-state index is -0.102. The Morgan fingerprint density at radius 1 is 0.923 bits per heavy atom. The van der Waals surface area contributed by atoms with E-state index in [9.17, 15) is 0 Å². The summed E-state index contributed by atoms with van der Waals surface area (Å²) in [5.74, 6) is 0. The fourth-order valence-electron chi connectivity index (χ4n) is 1.00. The predicted molar refractivity (Wildman–Crippen MR) is 60.5 cm³/mol. The van der Waals surface area contributed by atoms with Gasteiger partial charge < -0.3 is 16.4 Å². The number of hydrogen-bond donors (Lipinski definition) is 2. The summed E-state index contributed by atoms with van der Waals surface area (Å²) in [6, 6.07) is 0. The van der Waals surface area contributed by atoms with Gasteiger partial charge in [0.2, 0.25) is 0 Å². The Labute approximate surface area is 83.5 Å². The zero-order chi connectivity index (χ0) is 10.7. The molecule has 0 atom stereocenters.